The van der Waals surface area contributed by atoms with Crippen molar-refractivity contribution in [3.8, 4) is 0 Å². The third-order valence-corrected chi connectivity index (χ3v) is 5.50. The molecule has 1 aliphatic heterocycles. The molecule has 4 nitrogen and oxygen atoms in total. The van der Waals surface area contributed by atoms with Gasteiger partial charge in [0.2, 0.25) is 5.91 Å². The molecule has 134 valence electrons. The van der Waals surface area contributed by atoms with Crippen LogP contribution in [0.25, 0.3) is 0 Å². The summed E-state index contributed by atoms with van der Waals surface area (Å²) in [4.78, 5) is 16.6. The van der Waals surface area contributed by atoms with Crippen molar-refractivity contribution in [3.05, 3.63) is 24.3 Å². The molecule has 1 amide bonds. The zero-order chi connectivity index (χ0) is 17.4. The molecular weight excluding hydrogens is 318 g/mol. The van der Waals surface area contributed by atoms with Crippen molar-refractivity contribution in [1.82, 2.24) is 4.90 Å². The summed E-state index contributed by atoms with van der Waals surface area (Å²) in [6.07, 6.45) is 3.62. The second kappa shape index (κ2) is 9.94. The highest BCUT2D eigenvalue weighted by Crippen LogP contribution is 2.25. The maximum atomic E-state index is 11.9. The van der Waals surface area contributed by atoms with E-state index >= 15 is 0 Å². The summed E-state index contributed by atoms with van der Waals surface area (Å²) in [5, 5.41) is 2.98. The fourth-order valence-corrected chi connectivity index (χ4v) is 3.84. The Morgan fingerprint density at radius 1 is 1.25 bits per heavy atom. The first-order valence-corrected chi connectivity index (χ1v) is 10.1. The summed E-state index contributed by atoms with van der Waals surface area (Å²) < 4.78 is 0. The van der Waals surface area contributed by atoms with Gasteiger partial charge >= 0.3 is 0 Å². The Morgan fingerprint density at radius 2 is 1.92 bits per heavy atom. The Kier molecular flexibility index (Phi) is 7.92. The van der Waals surface area contributed by atoms with Crippen molar-refractivity contribution in [2.75, 3.05) is 55.5 Å². The van der Waals surface area contributed by atoms with Crippen LogP contribution in [0, 0.1) is 5.92 Å². The summed E-state index contributed by atoms with van der Waals surface area (Å²) in [6.45, 7) is 5.57. The number of hydrogen-bond donors (Lipinski definition) is 1. The molecule has 0 saturated carbocycles. The first-order chi connectivity index (χ1) is 11.6. The van der Waals surface area contributed by atoms with Crippen LogP contribution in [-0.2, 0) is 4.79 Å². The smallest absolute Gasteiger partial charge is 0.234 e. The van der Waals surface area contributed by atoms with Crippen molar-refractivity contribution >= 4 is 29.0 Å². The van der Waals surface area contributed by atoms with Gasteiger partial charge in [0.15, 0.2) is 0 Å². The van der Waals surface area contributed by atoms with Crippen molar-refractivity contribution < 1.29 is 4.79 Å². The van der Waals surface area contributed by atoms with Crippen molar-refractivity contribution in [2.45, 2.75) is 26.2 Å². The number of amides is 1. The van der Waals surface area contributed by atoms with Gasteiger partial charge in [0.25, 0.3) is 0 Å². The number of piperidine rings is 1. The van der Waals surface area contributed by atoms with Gasteiger partial charge in [0.05, 0.1) is 5.75 Å². The van der Waals surface area contributed by atoms with Gasteiger partial charge in [-0.25, -0.2) is 0 Å². The highest BCUT2D eigenvalue weighted by molar-refractivity contribution is 7.99. The lowest BCUT2D eigenvalue weighted by atomic mass is 9.96. The molecule has 1 aliphatic rings. The lowest BCUT2D eigenvalue weighted by molar-refractivity contribution is -0.113. The van der Waals surface area contributed by atoms with Crippen LogP contribution >= 0.6 is 11.8 Å². The molecule has 0 radical (unpaired) electrons. The molecule has 0 aliphatic carbocycles. The van der Waals surface area contributed by atoms with Gasteiger partial charge in [0.1, 0.15) is 0 Å². The monoisotopic (exact) mass is 349 g/mol. The molecule has 2 rings (SSSR count). The molecule has 1 fully saturated rings. The predicted molar refractivity (Wildman–Crippen MR) is 106 cm³/mol. The Hall–Kier alpha value is -1.20. The number of nitrogens with one attached hydrogen (secondary N) is 1. The number of rotatable bonds is 8. The average Bonchev–Trinajstić information content (AvgIpc) is 2.56. The van der Waals surface area contributed by atoms with E-state index in [9.17, 15) is 4.79 Å². The molecule has 0 unspecified atom stereocenters. The molecule has 0 atom stereocenters. The SMILES string of the molecule is CCCSCC(=O)Nc1ccc(N2CCC(CN(C)C)CC2)cc1. The van der Waals surface area contributed by atoms with Gasteiger partial charge in [0, 0.05) is 31.0 Å². The van der Waals surface area contributed by atoms with Crippen molar-refractivity contribution in [2.24, 2.45) is 5.92 Å². The molecule has 0 bridgehead atoms. The molecule has 0 spiro atoms. The number of thioether (sulfide) groups is 1. The van der Waals surface area contributed by atoms with Crippen LogP contribution in [0.4, 0.5) is 11.4 Å². The lowest BCUT2D eigenvalue weighted by Gasteiger charge is -2.34. The molecule has 1 aromatic rings. The summed E-state index contributed by atoms with van der Waals surface area (Å²) in [5.41, 5.74) is 2.15. The molecule has 1 heterocycles. The van der Waals surface area contributed by atoms with E-state index < -0.39 is 0 Å². The second-order valence-electron chi connectivity index (χ2n) is 6.84. The molecule has 1 N–H and O–H groups in total. The van der Waals surface area contributed by atoms with E-state index in [0.29, 0.717) is 5.75 Å². The minimum atomic E-state index is 0.0886. The quantitative estimate of drug-likeness (QED) is 0.728. The zero-order valence-electron chi connectivity index (χ0n) is 15.3. The number of hydrogen-bond acceptors (Lipinski definition) is 4. The van der Waals surface area contributed by atoms with Gasteiger partial charge in [-0.1, -0.05) is 6.92 Å². The maximum absolute atomic E-state index is 11.9. The summed E-state index contributed by atoms with van der Waals surface area (Å²) >= 11 is 1.69. The third kappa shape index (κ3) is 6.36. The van der Waals surface area contributed by atoms with Gasteiger partial charge < -0.3 is 15.1 Å². The number of carbonyl (C=O) groups excluding carboxylic acids is 1. The number of nitrogens with zero attached hydrogens (tertiary/aromatic N) is 2. The number of carbonyl (C=O) groups is 1. The van der Waals surface area contributed by atoms with E-state index in [4.69, 9.17) is 0 Å². The van der Waals surface area contributed by atoms with E-state index in [-0.39, 0.29) is 5.91 Å². The highest BCUT2D eigenvalue weighted by Gasteiger charge is 2.19. The van der Waals surface area contributed by atoms with Gasteiger partial charge in [-0.2, -0.15) is 11.8 Å². The number of benzene rings is 1. The minimum absolute atomic E-state index is 0.0886. The molecule has 24 heavy (non-hydrogen) atoms. The van der Waals surface area contributed by atoms with E-state index in [0.717, 1.165) is 36.9 Å². The second-order valence-corrected chi connectivity index (χ2v) is 7.95. The normalized spacial score (nSPS) is 15.8. The van der Waals surface area contributed by atoms with Gasteiger partial charge in [-0.15, -0.1) is 0 Å². The fourth-order valence-electron chi connectivity index (χ4n) is 3.15. The fraction of sp³-hybridized carbons (Fsp3) is 0.632. The van der Waals surface area contributed by atoms with Gasteiger partial charge in [-0.05, 0) is 69.3 Å². The molecule has 1 aromatic carbocycles. The number of anilines is 2. The standard InChI is InChI=1S/C19H31N3OS/c1-4-13-24-15-19(23)20-17-5-7-18(8-6-17)22-11-9-16(10-12-22)14-21(2)3/h5-8,16H,4,9-15H2,1-3H3,(H,20,23). The van der Waals surface area contributed by atoms with Crippen LogP contribution in [0.1, 0.15) is 26.2 Å². The maximum Gasteiger partial charge on any atom is 0.234 e. The Balaban J connectivity index is 1.79. The van der Waals surface area contributed by atoms with Crippen LogP contribution in [0.3, 0.4) is 0 Å². The molecule has 1 saturated heterocycles. The molecule has 0 aromatic heterocycles. The van der Waals surface area contributed by atoms with Crippen LogP contribution in [0.15, 0.2) is 24.3 Å². The van der Waals surface area contributed by atoms with E-state index in [1.165, 1.54) is 25.1 Å². The van der Waals surface area contributed by atoms with E-state index in [1.807, 2.05) is 12.1 Å². The van der Waals surface area contributed by atoms with E-state index in [1.54, 1.807) is 11.8 Å². The summed E-state index contributed by atoms with van der Waals surface area (Å²) in [7, 11) is 4.31. The van der Waals surface area contributed by atoms with Crippen LogP contribution < -0.4 is 10.2 Å². The Labute approximate surface area is 151 Å². The zero-order valence-corrected chi connectivity index (χ0v) is 16.1. The summed E-state index contributed by atoms with van der Waals surface area (Å²) in [5.74, 6) is 2.48. The Morgan fingerprint density at radius 3 is 2.50 bits per heavy atom. The van der Waals surface area contributed by atoms with Crippen LogP contribution in [-0.4, -0.2) is 56.0 Å². The first kappa shape index (κ1) is 19.1. The Bertz CT molecular complexity index is 496. The molecular formula is C19H31N3OS. The largest absolute Gasteiger partial charge is 0.372 e. The highest BCUT2D eigenvalue weighted by atomic mass is 32.2. The van der Waals surface area contributed by atoms with Crippen LogP contribution in [0.5, 0.6) is 0 Å². The average molecular weight is 350 g/mol. The van der Waals surface area contributed by atoms with E-state index in [2.05, 4.69) is 48.3 Å². The predicted octanol–water partition coefficient (Wildman–Crippen LogP) is 3.55. The summed E-state index contributed by atoms with van der Waals surface area (Å²) in [6, 6.07) is 8.29. The minimum Gasteiger partial charge on any atom is -0.372 e. The van der Waals surface area contributed by atoms with Crippen LogP contribution in [0.2, 0.25) is 0 Å². The van der Waals surface area contributed by atoms with Crippen molar-refractivity contribution in [1.29, 1.82) is 0 Å². The van der Waals surface area contributed by atoms with Gasteiger partial charge in [-0.3, -0.25) is 4.79 Å². The third-order valence-electron chi connectivity index (χ3n) is 4.34. The topological polar surface area (TPSA) is 35.6 Å². The molecule has 5 heteroatoms. The lowest BCUT2D eigenvalue weighted by Crippen LogP contribution is -2.37. The first-order valence-electron chi connectivity index (χ1n) is 8.95. The van der Waals surface area contributed by atoms with Crippen molar-refractivity contribution in [3.63, 3.8) is 0 Å².